The minimum atomic E-state index is -1.54. The molecule has 0 amide bonds. The van der Waals surface area contributed by atoms with Crippen molar-refractivity contribution < 1.29 is 39.4 Å². The van der Waals surface area contributed by atoms with Crippen molar-refractivity contribution in [2.45, 2.75) is 30.7 Å². The molecule has 0 saturated carbocycles. The van der Waals surface area contributed by atoms with Gasteiger partial charge in [-0.2, -0.15) is 0 Å². The van der Waals surface area contributed by atoms with E-state index in [1.54, 1.807) is 12.1 Å². The number of phenols is 1. The van der Waals surface area contributed by atoms with Crippen molar-refractivity contribution in [2.24, 2.45) is 0 Å². The number of phenolic OH excluding ortho intramolecular Hbond substituents is 1. The number of aliphatic hydroxyl groups excluding tert-OH is 4. The predicted octanol–water partition coefficient (Wildman–Crippen LogP) is 0.344. The van der Waals surface area contributed by atoms with Crippen LogP contribution in [-0.4, -0.2) is 62.8 Å². The zero-order chi connectivity index (χ0) is 21.4. The van der Waals surface area contributed by atoms with Gasteiger partial charge in [0.15, 0.2) is 5.43 Å². The van der Waals surface area contributed by atoms with Gasteiger partial charge in [0.1, 0.15) is 47.8 Å². The molecule has 0 radical (unpaired) electrons. The van der Waals surface area contributed by atoms with E-state index in [2.05, 4.69) is 0 Å². The maximum atomic E-state index is 12.7. The highest BCUT2D eigenvalue weighted by Gasteiger charge is 2.44. The van der Waals surface area contributed by atoms with Gasteiger partial charge in [-0.15, -0.1) is 0 Å². The Bertz CT molecular complexity index is 1090. The fourth-order valence-electron chi connectivity index (χ4n) is 3.33. The second-order valence-electron chi connectivity index (χ2n) is 7.00. The number of aliphatic hydroxyl groups is 4. The summed E-state index contributed by atoms with van der Waals surface area (Å²) in [5.74, 6) is 0.270. The van der Waals surface area contributed by atoms with Gasteiger partial charge >= 0.3 is 0 Å². The molecular weight excluding hydrogens is 396 g/mol. The molecule has 2 aromatic carbocycles. The molecule has 5 atom stereocenters. The fourth-order valence-corrected chi connectivity index (χ4v) is 3.33. The number of rotatable bonds is 4. The summed E-state index contributed by atoms with van der Waals surface area (Å²) in [6.07, 6.45) is -5.61. The molecule has 9 heteroatoms. The molecule has 0 spiro atoms. The van der Waals surface area contributed by atoms with Crippen LogP contribution in [0.4, 0.5) is 0 Å². The van der Waals surface area contributed by atoms with E-state index in [1.807, 2.05) is 0 Å². The van der Waals surface area contributed by atoms with E-state index >= 15 is 0 Å². The Morgan fingerprint density at radius 1 is 0.967 bits per heavy atom. The molecule has 1 saturated heterocycles. The summed E-state index contributed by atoms with van der Waals surface area (Å²) in [5, 5.41) is 48.8. The summed E-state index contributed by atoms with van der Waals surface area (Å²) in [6.45, 7) is -0.556. The molecule has 1 unspecified atom stereocenters. The van der Waals surface area contributed by atoms with Crippen molar-refractivity contribution in [2.75, 3.05) is 6.61 Å². The molecule has 1 aliphatic rings. The molecule has 1 fully saturated rings. The zero-order valence-corrected chi connectivity index (χ0v) is 15.6. The van der Waals surface area contributed by atoms with Gasteiger partial charge in [0.2, 0.25) is 6.29 Å². The first-order chi connectivity index (χ1) is 14.4. The Morgan fingerprint density at radius 2 is 1.70 bits per heavy atom. The Morgan fingerprint density at radius 3 is 2.40 bits per heavy atom. The largest absolute Gasteiger partial charge is 0.508 e. The van der Waals surface area contributed by atoms with Crippen molar-refractivity contribution in [1.82, 2.24) is 0 Å². The lowest BCUT2D eigenvalue weighted by molar-refractivity contribution is -0.277. The molecule has 4 rings (SSSR count). The van der Waals surface area contributed by atoms with Crippen LogP contribution in [0.15, 0.2) is 57.9 Å². The third-order valence-electron chi connectivity index (χ3n) is 5.02. The lowest BCUT2D eigenvalue weighted by Gasteiger charge is -2.39. The molecule has 1 aromatic heterocycles. The van der Waals surface area contributed by atoms with Crippen LogP contribution in [-0.2, 0) is 4.74 Å². The summed E-state index contributed by atoms with van der Waals surface area (Å²) in [6, 6.07) is 10.5. The summed E-state index contributed by atoms with van der Waals surface area (Å²) in [5.41, 5.74) is 0.873. The highest BCUT2D eigenvalue weighted by molar-refractivity contribution is 5.82. The first kappa shape index (κ1) is 20.3. The Kier molecular flexibility index (Phi) is 5.46. The molecule has 1 aliphatic heterocycles. The minimum Gasteiger partial charge on any atom is -0.508 e. The van der Waals surface area contributed by atoms with Gasteiger partial charge in [0, 0.05) is 6.07 Å². The first-order valence-electron chi connectivity index (χ1n) is 9.21. The second-order valence-corrected chi connectivity index (χ2v) is 7.00. The van der Waals surface area contributed by atoms with Crippen molar-refractivity contribution in [1.29, 1.82) is 0 Å². The number of hydrogen-bond acceptors (Lipinski definition) is 9. The van der Waals surface area contributed by atoms with E-state index in [0.717, 1.165) is 0 Å². The number of aromatic hydroxyl groups is 1. The summed E-state index contributed by atoms with van der Waals surface area (Å²) >= 11 is 0. The SMILES string of the molecule is O=c1c(-c2ccc(OC3O[C@H](CO)[C@@H](O)[C@H](O)[C@H]3O)cc2)coc2cc(O)ccc12. The van der Waals surface area contributed by atoms with E-state index in [4.69, 9.17) is 13.9 Å². The van der Waals surface area contributed by atoms with Crippen molar-refractivity contribution >= 4 is 11.0 Å². The molecule has 3 aromatic rings. The third-order valence-corrected chi connectivity index (χ3v) is 5.02. The number of ether oxygens (including phenoxy) is 2. The van der Waals surface area contributed by atoms with Gasteiger partial charge in [0.05, 0.1) is 17.6 Å². The van der Waals surface area contributed by atoms with Crippen LogP contribution in [0, 0.1) is 0 Å². The van der Waals surface area contributed by atoms with Crippen molar-refractivity contribution in [3.05, 3.63) is 59.0 Å². The smallest absolute Gasteiger partial charge is 0.229 e. The summed E-state index contributed by atoms with van der Waals surface area (Å²) in [7, 11) is 0. The van der Waals surface area contributed by atoms with E-state index in [1.165, 1.54) is 36.6 Å². The Labute approximate surface area is 170 Å². The molecule has 5 N–H and O–H groups in total. The molecule has 2 heterocycles. The Balaban J connectivity index is 1.56. The molecule has 0 aliphatic carbocycles. The lowest BCUT2D eigenvalue weighted by atomic mass is 9.99. The zero-order valence-electron chi connectivity index (χ0n) is 15.6. The monoisotopic (exact) mass is 416 g/mol. The minimum absolute atomic E-state index is 0.00639. The molecule has 9 nitrogen and oxygen atoms in total. The van der Waals surface area contributed by atoms with Gasteiger partial charge in [-0.1, -0.05) is 12.1 Å². The number of hydrogen-bond donors (Lipinski definition) is 5. The highest BCUT2D eigenvalue weighted by Crippen LogP contribution is 2.27. The van der Waals surface area contributed by atoms with Crippen LogP contribution in [0.5, 0.6) is 11.5 Å². The van der Waals surface area contributed by atoms with Gasteiger partial charge in [-0.25, -0.2) is 0 Å². The lowest BCUT2D eigenvalue weighted by Crippen LogP contribution is -2.60. The van der Waals surface area contributed by atoms with Crippen molar-refractivity contribution in [3.63, 3.8) is 0 Å². The summed E-state index contributed by atoms with van der Waals surface area (Å²) < 4.78 is 16.3. The number of fused-ring (bicyclic) bond motifs is 1. The molecular formula is C21H20O9. The predicted molar refractivity (Wildman–Crippen MR) is 104 cm³/mol. The van der Waals surface area contributed by atoms with Gasteiger partial charge in [-0.05, 0) is 29.8 Å². The van der Waals surface area contributed by atoms with Crippen molar-refractivity contribution in [3.8, 4) is 22.6 Å². The van der Waals surface area contributed by atoms with Crippen LogP contribution in [0.1, 0.15) is 0 Å². The van der Waals surface area contributed by atoms with Crippen LogP contribution < -0.4 is 10.2 Å². The first-order valence-corrected chi connectivity index (χ1v) is 9.21. The average Bonchev–Trinajstić information content (AvgIpc) is 2.75. The standard InChI is InChI=1S/C21H20O9/c22-8-16-18(25)19(26)20(27)21(30-16)29-12-4-1-10(2-5-12)14-9-28-15-7-11(23)3-6-13(15)17(14)24/h1-7,9,16,18-23,25-27H,8H2/t16-,18-,19+,20-,21?/m1/s1. The van der Waals surface area contributed by atoms with Crippen LogP contribution >= 0.6 is 0 Å². The van der Waals surface area contributed by atoms with Crippen LogP contribution in [0.2, 0.25) is 0 Å². The average molecular weight is 416 g/mol. The van der Waals surface area contributed by atoms with Gasteiger partial charge in [0.25, 0.3) is 0 Å². The normalized spacial score (nSPS) is 26.6. The third kappa shape index (κ3) is 3.64. The maximum Gasteiger partial charge on any atom is 0.229 e. The highest BCUT2D eigenvalue weighted by atomic mass is 16.7. The second kappa shape index (κ2) is 8.05. The Hall–Kier alpha value is -2.95. The van der Waals surface area contributed by atoms with Crippen LogP contribution in [0.25, 0.3) is 22.1 Å². The van der Waals surface area contributed by atoms with E-state index in [-0.39, 0.29) is 22.5 Å². The van der Waals surface area contributed by atoms with Crippen LogP contribution in [0.3, 0.4) is 0 Å². The summed E-state index contributed by atoms with van der Waals surface area (Å²) in [4.78, 5) is 12.7. The van der Waals surface area contributed by atoms with E-state index in [0.29, 0.717) is 16.5 Å². The topological polar surface area (TPSA) is 150 Å². The fraction of sp³-hybridized carbons (Fsp3) is 0.286. The van der Waals surface area contributed by atoms with Gasteiger partial charge in [-0.3, -0.25) is 4.79 Å². The molecule has 0 bridgehead atoms. The van der Waals surface area contributed by atoms with E-state index < -0.39 is 37.3 Å². The quantitative estimate of drug-likeness (QED) is 0.406. The molecule has 158 valence electrons. The maximum absolute atomic E-state index is 12.7. The number of benzene rings is 2. The van der Waals surface area contributed by atoms with Gasteiger partial charge < -0.3 is 39.4 Å². The molecule has 30 heavy (non-hydrogen) atoms. The van der Waals surface area contributed by atoms with E-state index in [9.17, 15) is 30.3 Å².